The van der Waals surface area contributed by atoms with Crippen LogP contribution in [0.4, 0.5) is 0 Å². The third-order valence-electron chi connectivity index (χ3n) is 3.74. The van der Waals surface area contributed by atoms with Crippen molar-refractivity contribution in [2.45, 2.75) is 39.7 Å². The number of carbonyl (C=O) groups excluding carboxylic acids is 1. The molecule has 0 bridgehead atoms. The average molecular weight is 272 g/mol. The van der Waals surface area contributed by atoms with Crippen molar-refractivity contribution in [2.75, 3.05) is 13.6 Å². The van der Waals surface area contributed by atoms with E-state index in [-0.39, 0.29) is 5.91 Å². The zero-order chi connectivity index (χ0) is 14.7. The van der Waals surface area contributed by atoms with Gasteiger partial charge in [0, 0.05) is 42.3 Å². The molecule has 108 valence electrons. The van der Waals surface area contributed by atoms with E-state index in [2.05, 4.69) is 43.7 Å². The van der Waals surface area contributed by atoms with E-state index in [1.807, 2.05) is 24.1 Å². The Hall–Kier alpha value is -1.77. The van der Waals surface area contributed by atoms with Crippen LogP contribution in [-0.4, -0.2) is 29.0 Å². The van der Waals surface area contributed by atoms with Crippen molar-refractivity contribution < 1.29 is 4.79 Å². The van der Waals surface area contributed by atoms with Gasteiger partial charge in [-0.3, -0.25) is 4.79 Å². The van der Waals surface area contributed by atoms with Crippen LogP contribution in [0.2, 0.25) is 0 Å². The molecule has 0 unspecified atom stereocenters. The predicted molar refractivity (Wildman–Crippen MR) is 84.2 cm³/mol. The molecule has 3 heteroatoms. The zero-order valence-corrected chi connectivity index (χ0v) is 12.9. The highest BCUT2D eigenvalue weighted by Gasteiger charge is 2.16. The molecule has 1 aromatic heterocycles. The quantitative estimate of drug-likeness (QED) is 0.804. The second-order valence-corrected chi connectivity index (χ2v) is 5.64. The first-order chi connectivity index (χ1) is 9.56. The fourth-order valence-electron chi connectivity index (χ4n) is 2.53. The lowest BCUT2D eigenvalue weighted by atomic mass is 10.1. The van der Waals surface area contributed by atoms with Gasteiger partial charge in [-0.15, -0.1) is 0 Å². The number of aromatic nitrogens is 1. The number of fused-ring (bicyclic) bond motifs is 1. The fourth-order valence-corrected chi connectivity index (χ4v) is 2.53. The molecule has 20 heavy (non-hydrogen) atoms. The van der Waals surface area contributed by atoms with E-state index in [9.17, 15) is 4.79 Å². The van der Waals surface area contributed by atoms with Gasteiger partial charge in [-0.1, -0.05) is 19.4 Å². The molecule has 3 nitrogen and oxygen atoms in total. The Kier molecular flexibility index (Phi) is 4.48. The predicted octanol–water partition coefficient (Wildman–Crippen LogP) is 4.09. The largest absolute Gasteiger partial charge is 0.345 e. The highest BCUT2D eigenvalue weighted by atomic mass is 16.2. The lowest BCUT2D eigenvalue weighted by Gasteiger charge is -2.17. The van der Waals surface area contributed by atoms with Crippen LogP contribution < -0.4 is 0 Å². The Morgan fingerprint density at radius 1 is 1.30 bits per heavy atom. The minimum absolute atomic E-state index is 0.116. The van der Waals surface area contributed by atoms with Crippen LogP contribution in [0, 0.1) is 0 Å². The Bertz CT molecular complexity index is 598. The molecule has 0 N–H and O–H groups in total. The van der Waals surface area contributed by atoms with Crippen molar-refractivity contribution in [3.63, 3.8) is 0 Å². The zero-order valence-electron chi connectivity index (χ0n) is 12.9. The molecule has 0 saturated carbocycles. The molecule has 0 radical (unpaired) electrons. The summed E-state index contributed by atoms with van der Waals surface area (Å²) >= 11 is 0. The van der Waals surface area contributed by atoms with E-state index in [4.69, 9.17) is 0 Å². The van der Waals surface area contributed by atoms with Crippen molar-refractivity contribution >= 4 is 16.8 Å². The minimum atomic E-state index is 0.116. The summed E-state index contributed by atoms with van der Waals surface area (Å²) < 4.78 is 2.21. The summed E-state index contributed by atoms with van der Waals surface area (Å²) in [5, 5.41) is 1.05. The van der Waals surface area contributed by atoms with E-state index < -0.39 is 0 Å². The van der Waals surface area contributed by atoms with E-state index in [0.717, 1.165) is 35.9 Å². The van der Waals surface area contributed by atoms with Gasteiger partial charge in [0.15, 0.2) is 0 Å². The number of carbonyl (C=O) groups is 1. The third-order valence-corrected chi connectivity index (χ3v) is 3.74. The lowest BCUT2D eigenvalue weighted by molar-refractivity contribution is 0.0795. The summed E-state index contributed by atoms with van der Waals surface area (Å²) in [6.45, 7) is 7.26. The van der Waals surface area contributed by atoms with E-state index in [1.165, 1.54) is 0 Å². The van der Waals surface area contributed by atoms with Crippen molar-refractivity contribution in [3.05, 3.63) is 36.0 Å². The molecule has 0 fully saturated rings. The molecule has 2 rings (SSSR count). The molecule has 1 amide bonds. The number of unbranched alkanes of at least 4 members (excludes halogenated alkanes) is 1. The van der Waals surface area contributed by atoms with Gasteiger partial charge in [-0.05, 0) is 38.5 Å². The van der Waals surface area contributed by atoms with E-state index in [0.29, 0.717) is 6.04 Å². The number of rotatable bonds is 5. The van der Waals surface area contributed by atoms with Crippen LogP contribution in [-0.2, 0) is 0 Å². The maximum absolute atomic E-state index is 12.6. The van der Waals surface area contributed by atoms with Gasteiger partial charge in [0.05, 0.1) is 0 Å². The highest BCUT2D eigenvalue weighted by Crippen LogP contribution is 2.24. The van der Waals surface area contributed by atoms with Crippen LogP contribution >= 0.6 is 0 Å². The maximum atomic E-state index is 12.6. The molecular formula is C17H24N2O. The van der Waals surface area contributed by atoms with Gasteiger partial charge in [-0.25, -0.2) is 0 Å². The first-order valence-corrected chi connectivity index (χ1v) is 7.41. The maximum Gasteiger partial charge on any atom is 0.254 e. The first-order valence-electron chi connectivity index (χ1n) is 7.41. The molecule has 0 aliphatic rings. The van der Waals surface area contributed by atoms with E-state index in [1.54, 1.807) is 0 Å². The summed E-state index contributed by atoms with van der Waals surface area (Å²) in [6.07, 6.45) is 4.22. The summed E-state index contributed by atoms with van der Waals surface area (Å²) in [6, 6.07) is 8.43. The molecule has 0 atom stereocenters. The van der Waals surface area contributed by atoms with Gasteiger partial charge in [0.1, 0.15) is 0 Å². The van der Waals surface area contributed by atoms with Gasteiger partial charge in [0.25, 0.3) is 5.91 Å². The van der Waals surface area contributed by atoms with Crippen molar-refractivity contribution in [2.24, 2.45) is 0 Å². The monoisotopic (exact) mass is 272 g/mol. The normalized spacial score (nSPS) is 11.2. The summed E-state index contributed by atoms with van der Waals surface area (Å²) in [7, 11) is 1.89. The molecule has 0 spiro atoms. The van der Waals surface area contributed by atoms with Gasteiger partial charge in [-0.2, -0.15) is 0 Å². The minimum Gasteiger partial charge on any atom is -0.345 e. The van der Waals surface area contributed by atoms with E-state index >= 15 is 0 Å². The Morgan fingerprint density at radius 3 is 2.70 bits per heavy atom. The number of nitrogens with zero attached hydrogens (tertiary/aromatic N) is 2. The van der Waals surface area contributed by atoms with Crippen LogP contribution in [0.25, 0.3) is 10.9 Å². The molecular weight excluding hydrogens is 248 g/mol. The molecule has 1 heterocycles. The number of hydrogen-bond donors (Lipinski definition) is 0. The smallest absolute Gasteiger partial charge is 0.254 e. The standard InChI is InChI=1S/C17H24N2O/c1-5-6-11-18(4)17(20)15-8-7-9-16-14(15)10-12-19(16)13(2)3/h7-10,12-13H,5-6,11H2,1-4H3. The van der Waals surface area contributed by atoms with Crippen molar-refractivity contribution in [1.29, 1.82) is 0 Å². The fraction of sp³-hybridized carbons (Fsp3) is 0.471. The molecule has 2 aromatic rings. The molecule has 0 saturated heterocycles. The number of hydrogen-bond acceptors (Lipinski definition) is 1. The SMILES string of the molecule is CCCCN(C)C(=O)c1cccc2c1ccn2C(C)C. The van der Waals surface area contributed by atoms with Gasteiger partial charge < -0.3 is 9.47 Å². The molecule has 0 aliphatic carbocycles. The number of amides is 1. The van der Waals surface area contributed by atoms with Crippen LogP contribution in [0.5, 0.6) is 0 Å². The Balaban J connectivity index is 2.37. The van der Waals surface area contributed by atoms with Gasteiger partial charge >= 0.3 is 0 Å². The summed E-state index contributed by atoms with van der Waals surface area (Å²) in [4.78, 5) is 14.4. The second-order valence-electron chi connectivity index (χ2n) is 5.64. The van der Waals surface area contributed by atoms with Crippen molar-refractivity contribution in [1.82, 2.24) is 9.47 Å². The molecule has 1 aromatic carbocycles. The van der Waals surface area contributed by atoms with Crippen LogP contribution in [0.3, 0.4) is 0 Å². The lowest BCUT2D eigenvalue weighted by Crippen LogP contribution is -2.27. The van der Waals surface area contributed by atoms with Crippen LogP contribution in [0.15, 0.2) is 30.5 Å². The van der Waals surface area contributed by atoms with Gasteiger partial charge in [0.2, 0.25) is 0 Å². The summed E-state index contributed by atoms with van der Waals surface area (Å²) in [5.74, 6) is 0.116. The topological polar surface area (TPSA) is 25.2 Å². The summed E-state index contributed by atoms with van der Waals surface area (Å²) in [5.41, 5.74) is 1.94. The first kappa shape index (κ1) is 14.6. The van der Waals surface area contributed by atoms with Crippen molar-refractivity contribution in [3.8, 4) is 0 Å². The van der Waals surface area contributed by atoms with Crippen LogP contribution in [0.1, 0.15) is 50.0 Å². The third kappa shape index (κ3) is 2.72. The average Bonchev–Trinajstić information content (AvgIpc) is 2.87. The second kappa shape index (κ2) is 6.12. The Labute approximate surface area is 121 Å². The highest BCUT2D eigenvalue weighted by molar-refractivity contribution is 6.06. The molecule has 0 aliphatic heterocycles. The Morgan fingerprint density at radius 2 is 2.05 bits per heavy atom. The number of benzene rings is 1.